The van der Waals surface area contributed by atoms with Gasteiger partial charge >= 0.3 is 0 Å². The summed E-state index contributed by atoms with van der Waals surface area (Å²) in [7, 11) is 0. The summed E-state index contributed by atoms with van der Waals surface area (Å²) in [5, 5.41) is 0. The molecule has 64 valence electrons. The number of rotatable bonds is 0. The second kappa shape index (κ2) is 4.33. The summed E-state index contributed by atoms with van der Waals surface area (Å²) in [5.41, 5.74) is 0.887. The Balaban J connectivity index is 0.000000336. The van der Waals surface area contributed by atoms with Crippen molar-refractivity contribution >= 4 is 33.9 Å². The molecule has 0 spiro atoms. The van der Waals surface area contributed by atoms with Gasteiger partial charge in [-0.3, -0.25) is 0 Å². The van der Waals surface area contributed by atoms with Crippen LogP contribution in [0.4, 0.5) is 0 Å². The molecule has 0 aliphatic rings. The normalized spacial score (nSPS) is 9.17. The molecule has 0 bridgehead atoms. The first-order chi connectivity index (χ1) is 5.86. The van der Waals surface area contributed by atoms with Crippen LogP contribution in [0.25, 0.3) is 10.3 Å². The third kappa shape index (κ3) is 1.89. The number of aromatic amines is 1. The lowest BCUT2D eigenvalue weighted by molar-refractivity contribution is 1.32. The Labute approximate surface area is 80.3 Å². The number of aromatic nitrogens is 2. The van der Waals surface area contributed by atoms with Gasteiger partial charge in [0.1, 0.15) is 5.65 Å². The van der Waals surface area contributed by atoms with Crippen molar-refractivity contribution < 1.29 is 0 Å². The molecule has 0 saturated carbocycles. The van der Waals surface area contributed by atoms with E-state index in [4.69, 9.17) is 12.2 Å². The molecular formula is C8H10N2S2. The van der Waals surface area contributed by atoms with Crippen LogP contribution in [0, 0.1) is 3.95 Å². The molecular weight excluding hydrogens is 188 g/mol. The predicted molar refractivity (Wildman–Crippen MR) is 56.2 cm³/mol. The Hall–Kier alpha value is -0.740. The molecule has 0 unspecified atom stereocenters. The number of hydrogen-bond donors (Lipinski definition) is 1. The van der Waals surface area contributed by atoms with Gasteiger partial charge < -0.3 is 4.98 Å². The van der Waals surface area contributed by atoms with E-state index in [1.54, 1.807) is 17.5 Å². The van der Waals surface area contributed by atoms with Gasteiger partial charge in [0, 0.05) is 6.20 Å². The highest BCUT2D eigenvalue weighted by atomic mass is 32.1. The monoisotopic (exact) mass is 198 g/mol. The third-order valence-electron chi connectivity index (χ3n) is 1.19. The largest absolute Gasteiger partial charge is 0.322 e. The molecule has 2 aromatic heterocycles. The highest BCUT2D eigenvalue weighted by Gasteiger charge is 1.93. The number of nitrogens with zero attached hydrogens (tertiary/aromatic N) is 1. The van der Waals surface area contributed by atoms with Crippen molar-refractivity contribution in [2.45, 2.75) is 13.8 Å². The van der Waals surface area contributed by atoms with Crippen LogP contribution < -0.4 is 0 Å². The van der Waals surface area contributed by atoms with Crippen LogP contribution in [0.1, 0.15) is 13.8 Å². The van der Waals surface area contributed by atoms with E-state index in [2.05, 4.69) is 9.97 Å². The zero-order valence-corrected chi connectivity index (χ0v) is 8.63. The molecule has 4 heteroatoms. The van der Waals surface area contributed by atoms with E-state index in [0.29, 0.717) is 0 Å². The van der Waals surface area contributed by atoms with Crippen molar-refractivity contribution in [1.29, 1.82) is 0 Å². The number of hydrogen-bond acceptors (Lipinski definition) is 3. The van der Waals surface area contributed by atoms with E-state index >= 15 is 0 Å². The predicted octanol–water partition coefficient (Wildman–Crippen LogP) is 3.38. The van der Waals surface area contributed by atoms with Crippen molar-refractivity contribution in [1.82, 2.24) is 9.97 Å². The lowest BCUT2D eigenvalue weighted by atomic mass is 10.5. The topological polar surface area (TPSA) is 28.7 Å². The SMILES string of the molecule is CC.S=c1[nH]c2ncccc2s1. The molecule has 0 atom stereocenters. The lowest BCUT2D eigenvalue weighted by Crippen LogP contribution is -1.70. The molecule has 0 fully saturated rings. The number of pyridine rings is 1. The molecule has 0 aliphatic heterocycles. The third-order valence-corrected chi connectivity index (χ3v) is 2.38. The Kier molecular flexibility index (Phi) is 3.37. The molecule has 2 heterocycles. The minimum Gasteiger partial charge on any atom is -0.322 e. The highest BCUT2D eigenvalue weighted by molar-refractivity contribution is 7.73. The van der Waals surface area contributed by atoms with Gasteiger partial charge in [-0.1, -0.05) is 13.8 Å². The van der Waals surface area contributed by atoms with Crippen LogP contribution in [0.15, 0.2) is 18.3 Å². The summed E-state index contributed by atoms with van der Waals surface area (Å²) < 4.78 is 1.90. The van der Waals surface area contributed by atoms with Gasteiger partial charge in [0.2, 0.25) is 0 Å². The standard InChI is InChI=1S/C6H4N2S2.C2H6/c9-6-8-5-4(10-6)2-1-3-7-5;1-2/h1-3H,(H,7,8,9);1-2H3. The Bertz CT molecular complexity index is 366. The fourth-order valence-corrected chi connectivity index (χ4v) is 1.85. The number of thiazole rings is 1. The van der Waals surface area contributed by atoms with Crippen LogP contribution in [0.3, 0.4) is 0 Å². The second-order valence-electron chi connectivity index (χ2n) is 1.86. The van der Waals surface area contributed by atoms with Crippen molar-refractivity contribution in [3.8, 4) is 0 Å². The summed E-state index contributed by atoms with van der Waals surface area (Å²) in [5.74, 6) is 0. The van der Waals surface area contributed by atoms with E-state index < -0.39 is 0 Å². The smallest absolute Gasteiger partial charge is 0.160 e. The maximum atomic E-state index is 4.94. The van der Waals surface area contributed by atoms with Crippen molar-refractivity contribution in [3.63, 3.8) is 0 Å². The molecule has 0 radical (unpaired) electrons. The number of nitrogens with one attached hydrogen (secondary N) is 1. The molecule has 0 aliphatic carbocycles. The fraction of sp³-hybridized carbons (Fsp3) is 0.250. The molecule has 2 nitrogen and oxygen atoms in total. The highest BCUT2D eigenvalue weighted by Crippen LogP contribution is 2.15. The zero-order chi connectivity index (χ0) is 8.97. The van der Waals surface area contributed by atoms with E-state index in [-0.39, 0.29) is 0 Å². The first kappa shape index (κ1) is 9.35. The van der Waals surface area contributed by atoms with Crippen molar-refractivity contribution in [2.75, 3.05) is 0 Å². The Morgan fingerprint density at radius 3 is 2.92 bits per heavy atom. The lowest BCUT2D eigenvalue weighted by Gasteiger charge is -1.81. The summed E-state index contributed by atoms with van der Waals surface area (Å²) >= 11 is 6.48. The van der Waals surface area contributed by atoms with Crippen LogP contribution in [-0.4, -0.2) is 9.97 Å². The first-order valence-corrected chi connectivity index (χ1v) is 5.02. The van der Waals surface area contributed by atoms with Gasteiger partial charge in [0.05, 0.1) is 4.70 Å². The second-order valence-corrected chi connectivity index (χ2v) is 3.58. The molecule has 0 amide bonds. The fourth-order valence-electron chi connectivity index (χ4n) is 0.789. The first-order valence-electron chi connectivity index (χ1n) is 3.80. The van der Waals surface area contributed by atoms with E-state index in [1.165, 1.54) is 0 Å². The zero-order valence-electron chi connectivity index (χ0n) is 7.00. The van der Waals surface area contributed by atoms with Crippen molar-refractivity contribution in [3.05, 3.63) is 22.3 Å². The maximum absolute atomic E-state index is 4.94. The number of fused-ring (bicyclic) bond motifs is 1. The van der Waals surface area contributed by atoms with Crippen molar-refractivity contribution in [2.24, 2.45) is 0 Å². The van der Waals surface area contributed by atoms with Crippen LogP contribution in [0.5, 0.6) is 0 Å². The van der Waals surface area contributed by atoms with Gasteiger partial charge in [-0.15, -0.1) is 11.3 Å². The van der Waals surface area contributed by atoms with Gasteiger partial charge in [-0.25, -0.2) is 4.98 Å². The van der Waals surface area contributed by atoms with Crippen LogP contribution in [-0.2, 0) is 0 Å². The quantitative estimate of drug-likeness (QED) is 0.657. The van der Waals surface area contributed by atoms with E-state index in [9.17, 15) is 0 Å². The van der Waals surface area contributed by atoms with E-state index in [0.717, 1.165) is 14.3 Å². The maximum Gasteiger partial charge on any atom is 0.160 e. The summed E-state index contributed by atoms with van der Waals surface area (Å²) in [6, 6.07) is 3.90. The summed E-state index contributed by atoms with van der Waals surface area (Å²) in [6.45, 7) is 4.00. The molecule has 0 aromatic carbocycles. The Morgan fingerprint density at radius 2 is 2.25 bits per heavy atom. The average molecular weight is 198 g/mol. The number of H-pyrrole nitrogens is 1. The summed E-state index contributed by atoms with van der Waals surface area (Å²) in [4.78, 5) is 7.07. The molecule has 2 rings (SSSR count). The van der Waals surface area contributed by atoms with Gasteiger partial charge in [-0.2, -0.15) is 0 Å². The Morgan fingerprint density at radius 1 is 1.50 bits per heavy atom. The van der Waals surface area contributed by atoms with Crippen LogP contribution in [0.2, 0.25) is 0 Å². The molecule has 2 aromatic rings. The average Bonchev–Trinajstić information content (AvgIpc) is 2.48. The minimum absolute atomic E-state index is 0.786. The molecule has 1 N–H and O–H groups in total. The van der Waals surface area contributed by atoms with Gasteiger partial charge in [0.15, 0.2) is 3.95 Å². The molecule has 0 saturated heterocycles. The summed E-state index contributed by atoms with van der Waals surface area (Å²) in [6.07, 6.45) is 1.75. The van der Waals surface area contributed by atoms with Gasteiger partial charge in [0.25, 0.3) is 0 Å². The van der Waals surface area contributed by atoms with E-state index in [1.807, 2.05) is 26.0 Å². The minimum atomic E-state index is 0.786. The van der Waals surface area contributed by atoms with Crippen LogP contribution >= 0.6 is 23.6 Å². The molecule has 12 heavy (non-hydrogen) atoms. The van der Waals surface area contributed by atoms with Gasteiger partial charge in [-0.05, 0) is 24.4 Å².